The molecule has 0 bridgehead atoms. The number of carbonyl (C=O) groups excluding carboxylic acids is 1. The van der Waals surface area contributed by atoms with Gasteiger partial charge < -0.3 is 19.3 Å². The summed E-state index contributed by atoms with van der Waals surface area (Å²) in [6, 6.07) is 0. The van der Waals surface area contributed by atoms with Gasteiger partial charge in [-0.2, -0.15) is 13.2 Å². The van der Waals surface area contributed by atoms with Crippen LogP contribution in [0.15, 0.2) is 0 Å². The average Bonchev–Trinajstić information content (AvgIpc) is 3.11. The quantitative estimate of drug-likeness (QED) is 0.617. The van der Waals surface area contributed by atoms with Crippen molar-refractivity contribution in [2.45, 2.75) is 50.8 Å². The number of halogens is 3. The molecule has 2 rings (SSSR count). The van der Waals surface area contributed by atoms with E-state index in [2.05, 4.69) is 4.90 Å². The van der Waals surface area contributed by atoms with Gasteiger partial charge in [-0.25, -0.2) is 0 Å². The second-order valence-electron chi connectivity index (χ2n) is 7.33. The lowest BCUT2D eigenvalue weighted by atomic mass is 9.95. The van der Waals surface area contributed by atoms with Crippen LogP contribution in [0.2, 0.25) is 0 Å². The first-order chi connectivity index (χ1) is 12.4. The minimum atomic E-state index is -4.29. The largest absolute Gasteiger partial charge is 0.389 e. The Kier molecular flexibility index (Phi) is 8.63. The number of methoxy groups -OCH3 is 1. The van der Waals surface area contributed by atoms with Crippen LogP contribution in [0.4, 0.5) is 13.2 Å². The molecule has 1 amide bonds. The molecule has 0 aliphatic carbocycles. The minimum absolute atomic E-state index is 0.0355. The SMILES string of the molecule is COCCN1CCC(CN(C[C@@H]2CCCO2)C(=O)CCC(F)(F)F)CC1. The maximum Gasteiger partial charge on any atom is 0.389 e. The zero-order valence-electron chi connectivity index (χ0n) is 15.6. The Bertz CT molecular complexity index is 420. The van der Waals surface area contributed by atoms with Gasteiger partial charge in [0.15, 0.2) is 0 Å². The molecule has 0 aromatic rings. The van der Waals surface area contributed by atoms with E-state index in [9.17, 15) is 18.0 Å². The lowest BCUT2D eigenvalue weighted by Crippen LogP contribution is -2.44. The molecule has 0 N–H and O–H groups in total. The highest BCUT2D eigenvalue weighted by Gasteiger charge is 2.31. The van der Waals surface area contributed by atoms with Crippen molar-refractivity contribution >= 4 is 5.91 Å². The molecule has 2 aliphatic heterocycles. The fourth-order valence-electron chi connectivity index (χ4n) is 3.64. The standard InChI is InChI=1S/C18H31F3N2O3/c1-25-12-10-22-8-5-15(6-9-22)13-23(14-16-3-2-11-26-16)17(24)4-7-18(19,20)21/h15-16H,2-14H2,1H3/t16-/m0/s1. The van der Waals surface area contributed by atoms with Gasteiger partial charge in [0.05, 0.1) is 19.1 Å². The van der Waals surface area contributed by atoms with Crippen molar-refractivity contribution in [2.75, 3.05) is 53.0 Å². The molecule has 0 aromatic heterocycles. The third-order valence-corrected chi connectivity index (χ3v) is 5.22. The van der Waals surface area contributed by atoms with E-state index >= 15 is 0 Å². The molecule has 0 spiro atoms. The Hall–Kier alpha value is -0.860. The van der Waals surface area contributed by atoms with Crippen LogP contribution in [-0.2, 0) is 14.3 Å². The molecule has 0 unspecified atom stereocenters. The molecule has 0 saturated carbocycles. The molecule has 2 saturated heterocycles. The van der Waals surface area contributed by atoms with E-state index in [0.717, 1.165) is 45.3 Å². The van der Waals surface area contributed by atoms with E-state index in [-0.39, 0.29) is 6.10 Å². The Balaban J connectivity index is 1.84. The molecular formula is C18H31F3N2O3. The summed E-state index contributed by atoms with van der Waals surface area (Å²) in [7, 11) is 1.68. The number of hydrogen-bond donors (Lipinski definition) is 0. The topological polar surface area (TPSA) is 42.0 Å². The summed E-state index contributed by atoms with van der Waals surface area (Å²) in [6.45, 7) is 5.11. The third kappa shape index (κ3) is 7.80. The van der Waals surface area contributed by atoms with E-state index in [1.165, 1.54) is 0 Å². The first kappa shape index (κ1) is 21.4. The molecule has 5 nitrogen and oxygen atoms in total. The predicted octanol–water partition coefficient (Wildman–Crippen LogP) is 2.69. The summed E-state index contributed by atoms with van der Waals surface area (Å²) in [5.41, 5.74) is 0. The zero-order valence-corrected chi connectivity index (χ0v) is 15.6. The molecule has 0 radical (unpaired) electrons. The van der Waals surface area contributed by atoms with E-state index in [1.807, 2.05) is 0 Å². The number of piperidine rings is 1. The fraction of sp³-hybridized carbons (Fsp3) is 0.944. The van der Waals surface area contributed by atoms with Gasteiger partial charge in [-0.15, -0.1) is 0 Å². The van der Waals surface area contributed by atoms with E-state index in [1.54, 1.807) is 12.0 Å². The Morgan fingerprint density at radius 1 is 1.23 bits per heavy atom. The summed E-state index contributed by atoms with van der Waals surface area (Å²) in [5.74, 6) is -0.0651. The first-order valence-corrected chi connectivity index (χ1v) is 9.55. The van der Waals surface area contributed by atoms with E-state index in [4.69, 9.17) is 9.47 Å². The van der Waals surface area contributed by atoms with E-state index < -0.39 is 24.9 Å². The van der Waals surface area contributed by atoms with Gasteiger partial charge in [0, 0.05) is 39.8 Å². The molecule has 2 heterocycles. The van der Waals surface area contributed by atoms with Crippen LogP contribution in [0.3, 0.4) is 0 Å². The van der Waals surface area contributed by atoms with Gasteiger partial charge >= 0.3 is 6.18 Å². The highest BCUT2D eigenvalue weighted by atomic mass is 19.4. The summed E-state index contributed by atoms with van der Waals surface area (Å²) in [4.78, 5) is 16.4. The third-order valence-electron chi connectivity index (χ3n) is 5.22. The molecule has 8 heteroatoms. The van der Waals surface area contributed by atoms with Crippen molar-refractivity contribution in [3.8, 4) is 0 Å². The highest BCUT2D eigenvalue weighted by molar-refractivity contribution is 5.76. The molecule has 152 valence electrons. The van der Waals surface area contributed by atoms with Crippen LogP contribution in [-0.4, -0.2) is 81.0 Å². The number of hydrogen-bond acceptors (Lipinski definition) is 4. The number of ether oxygens (including phenoxy) is 2. The maximum absolute atomic E-state index is 12.5. The summed E-state index contributed by atoms with van der Waals surface area (Å²) >= 11 is 0. The number of nitrogens with zero attached hydrogens (tertiary/aromatic N) is 2. The maximum atomic E-state index is 12.5. The lowest BCUT2D eigenvalue weighted by Gasteiger charge is -2.35. The van der Waals surface area contributed by atoms with Crippen molar-refractivity contribution in [1.82, 2.24) is 9.80 Å². The Morgan fingerprint density at radius 2 is 1.96 bits per heavy atom. The van der Waals surface area contributed by atoms with Crippen LogP contribution in [0, 0.1) is 5.92 Å². The smallest absolute Gasteiger partial charge is 0.383 e. The van der Waals surface area contributed by atoms with Crippen molar-refractivity contribution in [3.05, 3.63) is 0 Å². The fourth-order valence-corrected chi connectivity index (χ4v) is 3.64. The van der Waals surface area contributed by atoms with Crippen molar-refractivity contribution in [2.24, 2.45) is 5.92 Å². The number of alkyl halides is 3. The van der Waals surface area contributed by atoms with Crippen LogP contribution >= 0.6 is 0 Å². The zero-order chi connectivity index (χ0) is 19.0. The molecule has 1 atom stereocenters. The predicted molar refractivity (Wildman–Crippen MR) is 91.9 cm³/mol. The van der Waals surface area contributed by atoms with Gasteiger partial charge in [0.25, 0.3) is 0 Å². The highest BCUT2D eigenvalue weighted by Crippen LogP contribution is 2.24. The molecule has 26 heavy (non-hydrogen) atoms. The number of rotatable bonds is 9. The van der Waals surface area contributed by atoms with Gasteiger partial charge in [-0.3, -0.25) is 4.79 Å². The number of likely N-dealkylation sites (tertiary alicyclic amines) is 1. The van der Waals surface area contributed by atoms with Crippen LogP contribution in [0.25, 0.3) is 0 Å². The molecule has 2 aliphatic rings. The summed E-state index contributed by atoms with van der Waals surface area (Å²) < 4.78 is 48.1. The van der Waals surface area contributed by atoms with Gasteiger partial charge in [0.1, 0.15) is 0 Å². The Morgan fingerprint density at radius 3 is 2.54 bits per heavy atom. The van der Waals surface area contributed by atoms with Crippen LogP contribution < -0.4 is 0 Å². The van der Waals surface area contributed by atoms with Crippen LogP contribution in [0.1, 0.15) is 38.5 Å². The minimum Gasteiger partial charge on any atom is -0.383 e. The second kappa shape index (κ2) is 10.5. The normalized spacial score (nSPS) is 22.7. The number of carbonyl (C=O) groups is 1. The Labute approximate surface area is 153 Å². The number of amides is 1. The van der Waals surface area contributed by atoms with Gasteiger partial charge in [-0.1, -0.05) is 0 Å². The molecule has 2 fully saturated rings. The van der Waals surface area contributed by atoms with Crippen molar-refractivity contribution in [3.63, 3.8) is 0 Å². The van der Waals surface area contributed by atoms with Gasteiger partial charge in [-0.05, 0) is 44.7 Å². The van der Waals surface area contributed by atoms with Crippen molar-refractivity contribution in [1.29, 1.82) is 0 Å². The monoisotopic (exact) mass is 380 g/mol. The summed E-state index contributed by atoms with van der Waals surface area (Å²) in [6.07, 6.45) is -2.11. The summed E-state index contributed by atoms with van der Waals surface area (Å²) in [5, 5.41) is 0. The lowest BCUT2D eigenvalue weighted by molar-refractivity contribution is -0.150. The van der Waals surface area contributed by atoms with Crippen molar-refractivity contribution < 1.29 is 27.4 Å². The average molecular weight is 380 g/mol. The van der Waals surface area contributed by atoms with Gasteiger partial charge in [0.2, 0.25) is 5.91 Å². The molecule has 0 aromatic carbocycles. The van der Waals surface area contributed by atoms with Crippen LogP contribution in [0.5, 0.6) is 0 Å². The van der Waals surface area contributed by atoms with E-state index in [0.29, 0.717) is 32.2 Å². The first-order valence-electron chi connectivity index (χ1n) is 9.55. The second-order valence-corrected chi connectivity index (χ2v) is 7.33. The molecular weight excluding hydrogens is 349 g/mol.